The number of epoxide rings is 2. The average Bonchev–Trinajstić information content (AvgIpc) is 3.58. The van der Waals surface area contributed by atoms with Crippen LogP contribution < -0.4 is 0 Å². The Kier molecular flexibility index (Phi) is 4.69. The van der Waals surface area contributed by atoms with Crippen LogP contribution in [0, 0.1) is 0 Å². The van der Waals surface area contributed by atoms with Gasteiger partial charge in [0.2, 0.25) is 0 Å². The zero-order valence-corrected chi connectivity index (χ0v) is 14.1. The summed E-state index contributed by atoms with van der Waals surface area (Å²) in [4.78, 5) is 25.3. The summed E-state index contributed by atoms with van der Waals surface area (Å²) in [5.74, 6) is -1.12. The molecule has 26 heavy (non-hydrogen) atoms. The first kappa shape index (κ1) is 16.8. The van der Waals surface area contributed by atoms with Crippen molar-refractivity contribution in [2.75, 3.05) is 26.4 Å². The molecule has 6 nitrogen and oxygen atoms in total. The van der Waals surface area contributed by atoms with Gasteiger partial charge in [-0.15, -0.1) is 0 Å². The molecule has 2 aromatic carbocycles. The summed E-state index contributed by atoms with van der Waals surface area (Å²) in [5.41, 5.74) is 1.85. The second-order valence-corrected chi connectivity index (χ2v) is 6.20. The molecule has 0 aliphatic carbocycles. The molecule has 0 saturated carbocycles. The van der Waals surface area contributed by atoms with Crippen molar-refractivity contribution in [1.82, 2.24) is 0 Å². The first-order valence-electron chi connectivity index (χ1n) is 8.48. The summed E-state index contributed by atoms with van der Waals surface area (Å²) < 4.78 is 20.8. The van der Waals surface area contributed by atoms with E-state index in [9.17, 15) is 9.59 Å². The van der Waals surface area contributed by atoms with Gasteiger partial charge in [0.15, 0.2) is 0 Å². The van der Waals surface area contributed by atoms with Gasteiger partial charge in [-0.25, -0.2) is 9.59 Å². The monoisotopic (exact) mass is 354 g/mol. The lowest BCUT2D eigenvalue weighted by molar-refractivity contribution is 0.0431. The molecule has 2 heterocycles. The number of carbonyl (C=O) groups excluding carboxylic acids is 2. The molecular formula is C20H18O6. The van der Waals surface area contributed by atoms with E-state index in [1.165, 1.54) is 0 Å². The van der Waals surface area contributed by atoms with Crippen LogP contribution in [0.5, 0.6) is 0 Å². The maximum absolute atomic E-state index is 12.7. The minimum atomic E-state index is -0.562. The molecule has 2 unspecified atom stereocenters. The van der Waals surface area contributed by atoms with E-state index in [2.05, 4.69) is 0 Å². The molecule has 0 N–H and O–H groups in total. The highest BCUT2D eigenvalue weighted by molar-refractivity contribution is 6.07. The first-order valence-corrected chi connectivity index (χ1v) is 8.48. The van der Waals surface area contributed by atoms with Crippen LogP contribution in [0.2, 0.25) is 0 Å². The van der Waals surface area contributed by atoms with Crippen LogP contribution in [0.4, 0.5) is 0 Å². The van der Waals surface area contributed by atoms with E-state index in [-0.39, 0.29) is 36.5 Å². The van der Waals surface area contributed by atoms with E-state index in [0.717, 1.165) is 5.56 Å². The summed E-state index contributed by atoms with van der Waals surface area (Å²) in [6.45, 7) is 1.53. The number of rotatable bonds is 7. The Hall–Kier alpha value is -2.70. The van der Waals surface area contributed by atoms with Crippen molar-refractivity contribution < 1.29 is 28.5 Å². The summed E-state index contributed by atoms with van der Waals surface area (Å²) in [6, 6.07) is 14.5. The van der Waals surface area contributed by atoms with E-state index in [1.807, 2.05) is 30.3 Å². The summed E-state index contributed by atoms with van der Waals surface area (Å²) in [5, 5.41) is 0. The van der Waals surface area contributed by atoms with Crippen LogP contribution in [0.25, 0.3) is 11.1 Å². The smallest absolute Gasteiger partial charge is 0.339 e. The molecule has 2 atom stereocenters. The second kappa shape index (κ2) is 7.27. The third-order valence-electron chi connectivity index (χ3n) is 4.18. The van der Waals surface area contributed by atoms with Crippen LogP contribution in [0.3, 0.4) is 0 Å². The normalized spacial score (nSPS) is 20.3. The molecule has 0 bridgehead atoms. The highest BCUT2D eigenvalue weighted by atomic mass is 16.6. The number of hydrogen-bond donors (Lipinski definition) is 0. The zero-order chi connectivity index (χ0) is 17.9. The van der Waals surface area contributed by atoms with Crippen LogP contribution in [0.15, 0.2) is 48.5 Å². The summed E-state index contributed by atoms with van der Waals surface area (Å²) in [6.07, 6.45) is -0.0936. The van der Waals surface area contributed by atoms with Crippen molar-refractivity contribution in [3.63, 3.8) is 0 Å². The van der Waals surface area contributed by atoms with Crippen molar-refractivity contribution in [2.24, 2.45) is 0 Å². The fraction of sp³-hybridized carbons (Fsp3) is 0.300. The van der Waals surface area contributed by atoms with Gasteiger partial charge < -0.3 is 18.9 Å². The van der Waals surface area contributed by atoms with E-state index < -0.39 is 11.9 Å². The predicted octanol–water partition coefficient (Wildman–Crippen LogP) is 2.46. The molecule has 2 aliphatic heterocycles. The van der Waals surface area contributed by atoms with Crippen LogP contribution >= 0.6 is 0 Å². The van der Waals surface area contributed by atoms with E-state index in [0.29, 0.717) is 18.8 Å². The number of hydrogen-bond acceptors (Lipinski definition) is 6. The van der Waals surface area contributed by atoms with Crippen molar-refractivity contribution >= 4 is 11.9 Å². The minimum absolute atomic E-state index is 0.0429. The fourth-order valence-corrected chi connectivity index (χ4v) is 2.62. The standard InChI is InChI=1S/C20H18O6/c21-19(25-11-14-9-23-14)17-8-4-7-16(13-5-2-1-3-6-13)18(17)20(22)26-12-15-10-24-15/h1-8,14-15H,9-12H2. The lowest BCUT2D eigenvalue weighted by Crippen LogP contribution is -2.18. The number of ether oxygens (including phenoxy) is 4. The number of esters is 2. The molecular weight excluding hydrogens is 336 g/mol. The Balaban J connectivity index is 1.66. The highest BCUT2D eigenvalue weighted by Crippen LogP contribution is 2.28. The van der Waals surface area contributed by atoms with Gasteiger partial charge in [0.25, 0.3) is 0 Å². The van der Waals surface area contributed by atoms with E-state index >= 15 is 0 Å². The van der Waals surface area contributed by atoms with Gasteiger partial charge in [-0.05, 0) is 17.2 Å². The Morgan fingerprint density at radius 1 is 0.846 bits per heavy atom. The molecule has 0 amide bonds. The third-order valence-corrected chi connectivity index (χ3v) is 4.18. The topological polar surface area (TPSA) is 77.7 Å². The molecule has 2 aromatic rings. The Labute approximate surface area is 150 Å². The molecule has 4 rings (SSSR count). The quantitative estimate of drug-likeness (QED) is 0.561. The van der Waals surface area contributed by atoms with E-state index in [1.54, 1.807) is 18.2 Å². The minimum Gasteiger partial charge on any atom is -0.459 e. The predicted molar refractivity (Wildman–Crippen MR) is 91.9 cm³/mol. The summed E-state index contributed by atoms with van der Waals surface area (Å²) in [7, 11) is 0. The van der Waals surface area contributed by atoms with Crippen LogP contribution in [-0.4, -0.2) is 50.6 Å². The Morgan fingerprint density at radius 3 is 2.08 bits per heavy atom. The molecule has 0 spiro atoms. The van der Waals surface area contributed by atoms with Gasteiger partial charge >= 0.3 is 11.9 Å². The van der Waals surface area contributed by atoms with Crippen LogP contribution in [-0.2, 0) is 18.9 Å². The zero-order valence-electron chi connectivity index (χ0n) is 14.1. The molecule has 2 saturated heterocycles. The van der Waals surface area contributed by atoms with Gasteiger partial charge in [0.1, 0.15) is 25.4 Å². The average molecular weight is 354 g/mol. The van der Waals surface area contributed by atoms with Crippen molar-refractivity contribution in [1.29, 1.82) is 0 Å². The second-order valence-electron chi connectivity index (χ2n) is 6.20. The van der Waals surface area contributed by atoms with Gasteiger partial charge in [-0.2, -0.15) is 0 Å². The SMILES string of the molecule is O=C(OCC1CO1)c1cccc(-c2ccccc2)c1C(=O)OCC1CO1. The lowest BCUT2D eigenvalue weighted by atomic mass is 9.95. The van der Waals surface area contributed by atoms with E-state index in [4.69, 9.17) is 18.9 Å². The van der Waals surface area contributed by atoms with Crippen LogP contribution in [0.1, 0.15) is 20.7 Å². The largest absolute Gasteiger partial charge is 0.459 e. The van der Waals surface area contributed by atoms with Crippen molar-refractivity contribution in [3.05, 3.63) is 59.7 Å². The molecule has 0 aromatic heterocycles. The lowest BCUT2D eigenvalue weighted by Gasteiger charge is -2.14. The maximum atomic E-state index is 12.7. The maximum Gasteiger partial charge on any atom is 0.339 e. The molecule has 6 heteroatoms. The van der Waals surface area contributed by atoms with Gasteiger partial charge in [0.05, 0.1) is 24.3 Å². The third kappa shape index (κ3) is 3.92. The van der Waals surface area contributed by atoms with Crippen molar-refractivity contribution in [3.8, 4) is 11.1 Å². The fourth-order valence-electron chi connectivity index (χ4n) is 2.62. The van der Waals surface area contributed by atoms with Gasteiger partial charge in [-0.3, -0.25) is 0 Å². The van der Waals surface area contributed by atoms with Gasteiger partial charge in [0, 0.05) is 0 Å². The molecule has 134 valence electrons. The molecule has 0 radical (unpaired) electrons. The number of carbonyl (C=O) groups is 2. The van der Waals surface area contributed by atoms with Gasteiger partial charge in [-0.1, -0.05) is 42.5 Å². The van der Waals surface area contributed by atoms with Crippen molar-refractivity contribution in [2.45, 2.75) is 12.2 Å². The highest BCUT2D eigenvalue weighted by Gasteiger charge is 2.29. The Bertz CT molecular complexity index is 808. The Morgan fingerprint density at radius 2 is 1.46 bits per heavy atom. The number of benzene rings is 2. The summed E-state index contributed by atoms with van der Waals surface area (Å²) >= 11 is 0. The molecule has 2 aliphatic rings. The molecule has 2 fully saturated rings. The first-order chi connectivity index (χ1) is 12.7.